The number of pyridine rings is 1. The van der Waals surface area contributed by atoms with Crippen molar-refractivity contribution in [3.8, 4) is 5.75 Å². The molecule has 1 fully saturated rings. The number of anilines is 1. The molecule has 7 heteroatoms. The molecule has 0 spiro atoms. The minimum Gasteiger partial charge on any atom is -0.495 e. The van der Waals surface area contributed by atoms with Gasteiger partial charge in [-0.05, 0) is 49.9 Å². The van der Waals surface area contributed by atoms with Crippen LogP contribution in [-0.4, -0.2) is 40.1 Å². The normalized spacial score (nSPS) is 15.8. The number of sulfonamides is 1. The topological polar surface area (TPSA) is 71.5 Å². The summed E-state index contributed by atoms with van der Waals surface area (Å²) in [4.78, 5) is 6.76. The molecule has 140 valence electrons. The molecular weight excluding hydrogens is 350 g/mol. The summed E-state index contributed by atoms with van der Waals surface area (Å²) in [5, 5.41) is 0. The van der Waals surface area contributed by atoms with Crippen LogP contribution < -0.4 is 14.4 Å². The van der Waals surface area contributed by atoms with Gasteiger partial charge in [-0.3, -0.25) is 4.98 Å². The molecule has 0 saturated carbocycles. The van der Waals surface area contributed by atoms with Gasteiger partial charge in [0.1, 0.15) is 10.6 Å². The van der Waals surface area contributed by atoms with Gasteiger partial charge in [0.25, 0.3) is 0 Å². The van der Waals surface area contributed by atoms with Crippen LogP contribution >= 0.6 is 0 Å². The van der Waals surface area contributed by atoms with Gasteiger partial charge in [0.15, 0.2) is 0 Å². The summed E-state index contributed by atoms with van der Waals surface area (Å²) in [5.41, 5.74) is 2.19. The first kappa shape index (κ1) is 18.7. The number of rotatable bonds is 6. The summed E-state index contributed by atoms with van der Waals surface area (Å²) in [5.74, 6) is 0.696. The minimum atomic E-state index is -3.57. The Hall–Kier alpha value is -2.12. The number of benzene rings is 1. The van der Waals surface area contributed by atoms with E-state index in [1.807, 2.05) is 19.2 Å². The van der Waals surface area contributed by atoms with E-state index < -0.39 is 10.0 Å². The first-order valence-electron chi connectivity index (χ1n) is 8.80. The highest BCUT2D eigenvalue weighted by Gasteiger charge is 2.23. The number of nitrogens with zero attached hydrogens (tertiary/aromatic N) is 2. The van der Waals surface area contributed by atoms with Gasteiger partial charge in [-0.2, -0.15) is 0 Å². The molecule has 0 aliphatic carbocycles. The van der Waals surface area contributed by atoms with Crippen molar-refractivity contribution in [3.05, 3.63) is 48.3 Å². The standard InChI is InChI=1S/C19H25N3O3S/c1-15-13-17(7-10-20-15)22-11-8-16(9-12-22)14-21-26(23,24)19-6-4-3-5-18(19)25-2/h3-7,10,13,16,21H,8-9,11-12,14H2,1-2H3. The van der Waals surface area contributed by atoms with E-state index in [0.717, 1.165) is 31.6 Å². The zero-order chi connectivity index (χ0) is 18.6. The molecule has 3 rings (SSSR count). The molecule has 26 heavy (non-hydrogen) atoms. The van der Waals surface area contributed by atoms with Crippen LogP contribution in [-0.2, 0) is 10.0 Å². The van der Waals surface area contributed by atoms with Gasteiger partial charge in [-0.15, -0.1) is 0 Å². The van der Waals surface area contributed by atoms with Crippen LogP contribution in [0.25, 0.3) is 0 Å². The monoisotopic (exact) mass is 375 g/mol. The fraction of sp³-hybridized carbons (Fsp3) is 0.421. The Morgan fingerprint density at radius 3 is 2.65 bits per heavy atom. The zero-order valence-corrected chi connectivity index (χ0v) is 16.0. The Kier molecular flexibility index (Phi) is 5.78. The molecule has 1 aromatic heterocycles. The molecule has 2 heterocycles. The zero-order valence-electron chi connectivity index (χ0n) is 15.2. The number of ether oxygens (including phenoxy) is 1. The second-order valence-corrected chi connectivity index (χ2v) is 8.32. The Labute approximate surface area is 155 Å². The molecule has 1 aliphatic heterocycles. The Bertz CT molecular complexity index is 847. The third-order valence-electron chi connectivity index (χ3n) is 4.78. The Balaban J connectivity index is 1.56. The molecule has 0 unspecified atom stereocenters. The van der Waals surface area contributed by atoms with Crippen molar-refractivity contribution in [1.82, 2.24) is 9.71 Å². The third kappa shape index (κ3) is 4.34. The summed E-state index contributed by atoms with van der Waals surface area (Å²) in [6.07, 6.45) is 3.74. The van der Waals surface area contributed by atoms with Crippen LogP contribution in [0.5, 0.6) is 5.75 Å². The van der Waals surface area contributed by atoms with E-state index in [2.05, 4.69) is 20.7 Å². The van der Waals surface area contributed by atoms with Crippen LogP contribution in [0, 0.1) is 12.8 Å². The van der Waals surface area contributed by atoms with Crippen LogP contribution in [0.4, 0.5) is 5.69 Å². The Morgan fingerprint density at radius 1 is 1.23 bits per heavy atom. The summed E-state index contributed by atoms with van der Waals surface area (Å²) >= 11 is 0. The van der Waals surface area contributed by atoms with Crippen molar-refractivity contribution in [2.24, 2.45) is 5.92 Å². The van der Waals surface area contributed by atoms with Crippen molar-refractivity contribution < 1.29 is 13.2 Å². The van der Waals surface area contributed by atoms with E-state index in [-0.39, 0.29) is 4.90 Å². The third-order valence-corrected chi connectivity index (χ3v) is 6.24. The van der Waals surface area contributed by atoms with Crippen molar-refractivity contribution in [3.63, 3.8) is 0 Å². The second-order valence-electron chi connectivity index (χ2n) is 6.59. The maximum absolute atomic E-state index is 12.6. The lowest BCUT2D eigenvalue weighted by molar-refractivity contribution is 0.395. The first-order valence-corrected chi connectivity index (χ1v) is 10.3. The van der Waals surface area contributed by atoms with E-state index in [4.69, 9.17) is 4.74 Å². The highest BCUT2D eigenvalue weighted by atomic mass is 32.2. The van der Waals surface area contributed by atoms with Gasteiger partial charge in [-0.25, -0.2) is 13.1 Å². The number of hydrogen-bond acceptors (Lipinski definition) is 5. The molecule has 0 bridgehead atoms. The van der Waals surface area contributed by atoms with Gasteiger partial charge in [0.05, 0.1) is 7.11 Å². The maximum atomic E-state index is 12.6. The molecule has 2 aromatic rings. The van der Waals surface area contributed by atoms with Gasteiger partial charge in [0, 0.05) is 37.2 Å². The van der Waals surface area contributed by atoms with Crippen molar-refractivity contribution in [1.29, 1.82) is 0 Å². The largest absolute Gasteiger partial charge is 0.495 e. The highest BCUT2D eigenvalue weighted by Crippen LogP contribution is 2.25. The van der Waals surface area contributed by atoms with E-state index >= 15 is 0 Å². The quantitative estimate of drug-likeness (QED) is 0.840. The first-order chi connectivity index (χ1) is 12.5. The lowest BCUT2D eigenvalue weighted by Gasteiger charge is -2.33. The number of para-hydroxylation sites is 1. The molecule has 1 saturated heterocycles. The van der Waals surface area contributed by atoms with E-state index in [1.165, 1.54) is 12.8 Å². The smallest absolute Gasteiger partial charge is 0.244 e. The lowest BCUT2D eigenvalue weighted by Crippen LogP contribution is -2.38. The maximum Gasteiger partial charge on any atom is 0.244 e. The second kappa shape index (κ2) is 8.05. The van der Waals surface area contributed by atoms with Crippen LogP contribution in [0.15, 0.2) is 47.5 Å². The lowest BCUT2D eigenvalue weighted by atomic mass is 9.97. The van der Waals surface area contributed by atoms with Gasteiger partial charge in [0.2, 0.25) is 10.0 Å². The highest BCUT2D eigenvalue weighted by molar-refractivity contribution is 7.89. The Morgan fingerprint density at radius 2 is 1.96 bits per heavy atom. The van der Waals surface area contributed by atoms with Crippen molar-refractivity contribution in [2.45, 2.75) is 24.7 Å². The summed E-state index contributed by atoms with van der Waals surface area (Å²) in [7, 11) is -2.09. The molecule has 1 N–H and O–H groups in total. The fourth-order valence-electron chi connectivity index (χ4n) is 3.27. The van der Waals surface area contributed by atoms with E-state index in [9.17, 15) is 8.42 Å². The number of aryl methyl sites for hydroxylation is 1. The average molecular weight is 375 g/mol. The number of piperidine rings is 1. The fourth-order valence-corrected chi connectivity index (χ4v) is 4.55. The van der Waals surface area contributed by atoms with Gasteiger partial charge < -0.3 is 9.64 Å². The van der Waals surface area contributed by atoms with Gasteiger partial charge in [-0.1, -0.05) is 12.1 Å². The van der Waals surface area contributed by atoms with Crippen molar-refractivity contribution >= 4 is 15.7 Å². The molecule has 6 nitrogen and oxygen atoms in total. The van der Waals surface area contributed by atoms with Crippen LogP contribution in [0.1, 0.15) is 18.5 Å². The summed E-state index contributed by atoms with van der Waals surface area (Å²) < 4.78 is 33.1. The molecule has 0 atom stereocenters. The molecule has 1 aliphatic rings. The predicted molar refractivity (Wildman–Crippen MR) is 102 cm³/mol. The van der Waals surface area contributed by atoms with Crippen LogP contribution in [0.2, 0.25) is 0 Å². The molecule has 0 amide bonds. The SMILES string of the molecule is COc1ccccc1S(=O)(=O)NCC1CCN(c2ccnc(C)c2)CC1. The number of nitrogens with one attached hydrogen (secondary N) is 1. The molecule has 0 radical (unpaired) electrons. The number of hydrogen-bond donors (Lipinski definition) is 1. The van der Waals surface area contributed by atoms with Crippen molar-refractivity contribution in [2.75, 3.05) is 31.6 Å². The van der Waals surface area contributed by atoms with E-state index in [0.29, 0.717) is 18.2 Å². The average Bonchev–Trinajstić information content (AvgIpc) is 2.67. The molecule has 1 aromatic carbocycles. The van der Waals surface area contributed by atoms with E-state index in [1.54, 1.807) is 24.3 Å². The minimum absolute atomic E-state index is 0.187. The van der Waals surface area contributed by atoms with Crippen LogP contribution in [0.3, 0.4) is 0 Å². The number of methoxy groups -OCH3 is 1. The van der Waals surface area contributed by atoms with Gasteiger partial charge >= 0.3 is 0 Å². The number of aromatic nitrogens is 1. The summed E-state index contributed by atoms with van der Waals surface area (Å²) in [6, 6.07) is 10.8. The molecular formula is C19H25N3O3S. The predicted octanol–water partition coefficient (Wildman–Crippen LogP) is 2.59. The summed E-state index contributed by atoms with van der Waals surface area (Å²) in [6.45, 7) is 4.28.